The molecule has 0 unspecified atom stereocenters. The summed E-state index contributed by atoms with van der Waals surface area (Å²) in [4.78, 5) is 25.5. The molecule has 1 heterocycles. The summed E-state index contributed by atoms with van der Waals surface area (Å²) >= 11 is 5.86. The molecule has 2 rings (SSSR count). The first-order valence-electron chi connectivity index (χ1n) is 7.15. The Morgan fingerprint density at radius 1 is 1.45 bits per heavy atom. The number of amides is 2. The van der Waals surface area contributed by atoms with Crippen LogP contribution >= 0.6 is 11.6 Å². The highest BCUT2D eigenvalue weighted by Crippen LogP contribution is 2.20. The number of likely N-dealkylation sites (N-methyl/N-ethyl adjacent to an activating group) is 1. The van der Waals surface area contributed by atoms with E-state index in [2.05, 4.69) is 5.32 Å². The van der Waals surface area contributed by atoms with Crippen molar-refractivity contribution in [3.8, 4) is 0 Å². The molecule has 3 N–H and O–H groups in total. The maximum Gasteiger partial charge on any atom is 0.251 e. The largest absolute Gasteiger partial charge is 0.364 e. The number of nitrogens with two attached hydrogens (primary N) is 1. The number of carbonyl (C=O) groups excluding carboxylic acids is 2. The fourth-order valence-electron chi connectivity index (χ4n) is 2.37. The normalized spacial score (nSPS) is 20.7. The summed E-state index contributed by atoms with van der Waals surface area (Å²) in [6.45, 7) is 0.362. The molecule has 1 aliphatic rings. The van der Waals surface area contributed by atoms with E-state index in [1.807, 2.05) is 0 Å². The third kappa shape index (κ3) is 4.43. The monoisotopic (exact) mass is 325 g/mol. The number of anilines is 1. The van der Waals surface area contributed by atoms with Crippen LogP contribution in [-0.2, 0) is 14.3 Å². The molecular weight excluding hydrogens is 306 g/mol. The van der Waals surface area contributed by atoms with Crippen LogP contribution in [0.5, 0.6) is 0 Å². The Morgan fingerprint density at radius 2 is 2.23 bits per heavy atom. The second-order valence-corrected chi connectivity index (χ2v) is 5.75. The lowest BCUT2D eigenvalue weighted by Gasteiger charge is -2.20. The van der Waals surface area contributed by atoms with E-state index < -0.39 is 6.10 Å². The summed E-state index contributed by atoms with van der Waals surface area (Å²) in [5, 5.41) is 3.24. The quantitative estimate of drug-likeness (QED) is 0.853. The number of carbonyl (C=O) groups is 2. The summed E-state index contributed by atoms with van der Waals surface area (Å²) in [5.74, 6) is -0.483. The molecule has 0 aliphatic carbocycles. The SMILES string of the molecule is CN(CC(=O)Nc1cccc(Cl)c1)C(=O)[C@@H]1CC[C@H](CN)O1. The van der Waals surface area contributed by atoms with Crippen LogP contribution in [0.15, 0.2) is 24.3 Å². The van der Waals surface area contributed by atoms with E-state index in [0.29, 0.717) is 23.7 Å². The van der Waals surface area contributed by atoms with Crippen molar-refractivity contribution in [1.29, 1.82) is 0 Å². The van der Waals surface area contributed by atoms with Crippen molar-refractivity contribution in [2.75, 3.05) is 25.5 Å². The zero-order valence-corrected chi connectivity index (χ0v) is 13.2. The zero-order chi connectivity index (χ0) is 16.1. The maximum absolute atomic E-state index is 12.2. The van der Waals surface area contributed by atoms with Crippen LogP contribution in [0.2, 0.25) is 5.02 Å². The van der Waals surface area contributed by atoms with Gasteiger partial charge in [-0.3, -0.25) is 9.59 Å². The van der Waals surface area contributed by atoms with Gasteiger partial charge in [0.15, 0.2) is 0 Å². The van der Waals surface area contributed by atoms with E-state index in [1.165, 1.54) is 4.90 Å². The van der Waals surface area contributed by atoms with Gasteiger partial charge in [0, 0.05) is 24.3 Å². The van der Waals surface area contributed by atoms with Crippen LogP contribution in [0.3, 0.4) is 0 Å². The number of hydrogen-bond donors (Lipinski definition) is 2. The lowest BCUT2D eigenvalue weighted by atomic mass is 10.2. The summed E-state index contributed by atoms with van der Waals surface area (Å²) in [7, 11) is 1.58. The fourth-order valence-corrected chi connectivity index (χ4v) is 2.56. The molecular formula is C15H20ClN3O3. The summed E-state index contributed by atoms with van der Waals surface area (Å²) in [6.07, 6.45) is 0.844. The lowest BCUT2D eigenvalue weighted by molar-refractivity contribution is -0.143. The van der Waals surface area contributed by atoms with Crippen molar-refractivity contribution < 1.29 is 14.3 Å². The molecule has 120 valence electrons. The number of halogens is 1. The topological polar surface area (TPSA) is 84.7 Å². The van der Waals surface area contributed by atoms with E-state index >= 15 is 0 Å². The van der Waals surface area contributed by atoms with Crippen molar-refractivity contribution >= 4 is 29.1 Å². The van der Waals surface area contributed by atoms with Crippen LogP contribution in [0.25, 0.3) is 0 Å². The highest BCUT2D eigenvalue weighted by atomic mass is 35.5. The van der Waals surface area contributed by atoms with E-state index in [1.54, 1.807) is 31.3 Å². The van der Waals surface area contributed by atoms with Gasteiger partial charge in [-0.2, -0.15) is 0 Å². The highest BCUT2D eigenvalue weighted by Gasteiger charge is 2.32. The minimum absolute atomic E-state index is 0.0432. The molecule has 0 bridgehead atoms. The van der Waals surface area contributed by atoms with Crippen molar-refractivity contribution in [1.82, 2.24) is 4.90 Å². The predicted molar refractivity (Wildman–Crippen MR) is 84.7 cm³/mol. The van der Waals surface area contributed by atoms with Gasteiger partial charge in [-0.15, -0.1) is 0 Å². The van der Waals surface area contributed by atoms with E-state index in [0.717, 1.165) is 6.42 Å². The smallest absolute Gasteiger partial charge is 0.251 e. The molecule has 7 heteroatoms. The first-order chi connectivity index (χ1) is 10.5. The van der Waals surface area contributed by atoms with Gasteiger partial charge < -0.3 is 20.7 Å². The Kier molecular flexibility index (Phi) is 5.76. The fraction of sp³-hybridized carbons (Fsp3) is 0.467. The van der Waals surface area contributed by atoms with Crippen molar-refractivity contribution in [3.05, 3.63) is 29.3 Å². The second kappa shape index (κ2) is 7.58. The Labute approximate surface area is 134 Å². The number of nitrogens with zero attached hydrogens (tertiary/aromatic N) is 1. The molecule has 6 nitrogen and oxygen atoms in total. The number of nitrogens with one attached hydrogen (secondary N) is 1. The van der Waals surface area contributed by atoms with Gasteiger partial charge in [-0.05, 0) is 31.0 Å². The third-order valence-electron chi connectivity index (χ3n) is 3.51. The van der Waals surface area contributed by atoms with Crippen LogP contribution in [0.4, 0.5) is 5.69 Å². The Bertz CT molecular complexity index is 553. The average Bonchev–Trinajstić information content (AvgIpc) is 2.95. The van der Waals surface area contributed by atoms with Crippen LogP contribution in [-0.4, -0.2) is 49.1 Å². The van der Waals surface area contributed by atoms with E-state index in [4.69, 9.17) is 22.1 Å². The molecule has 0 spiro atoms. The molecule has 2 amide bonds. The number of rotatable bonds is 5. The predicted octanol–water partition coefficient (Wildman–Crippen LogP) is 1.24. The van der Waals surface area contributed by atoms with Gasteiger partial charge >= 0.3 is 0 Å². The number of hydrogen-bond acceptors (Lipinski definition) is 4. The van der Waals surface area contributed by atoms with Crippen molar-refractivity contribution in [3.63, 3.8) is 0 Å². The number of benzene rings is 1. The molecule has 0 saturated carbocycles. The van der Waals surface area contributed by atoms with Gasteiger partial charge in [-0.25, -0.2) is 0 Å². The second-order valence-electron chi connectivity index (χ2n) is 5.31. The maximum atomic E-state index is 12.2. The molecule has 22 heavy (non-hydrogen) atoms. The van der Waals surface area contributed by atoms with Gasteiger partial charge in [0.05, 0.1) is 12.6 Å². The number of ether oxygens (including phenoxy) is 1. The summed E-state index contributed by atoms with van der Waals surface area (Å²) in [5.41, 5.74) is 6.12. The van der Waals surface area contributed by atoms with Gasteiger partial charge in [0.25, 0.3) is 5.91 Å². The lowest BCUT2D eigenvalue weighted by Crippen LogP contribution is -2.41. The van der Waals surface area contributed by atoms with Gasteiger partial charge in [-0.1, -0.05) is 17.7 Å². The van der Waals surface area contributed by atoms with Crippen molar-refractivity contribution in [2.45, 2.75) is 25.0 Å². The van der Waals surface area contributed by atoms with Crippen LogP contribution in [0, 0.1) is 0 Å². The first kappa shape index (κ1) is 16.7. The molecule has 1 aromatic carbocycles. The Hall–Kier alpha value is -1.63. The Morgan fingerprint density at radius 3 is 2.86 bits per heavy atom. The van der Waals surface area contributed by atoms with E-state index in [9.17, 15) is 9.59 Å². The zero-order valence-electron chi connectivity index (χ0n) is 12.4. The van der Waals surface area contributed by atoms with Gasteiger partial charge in [0.2, 0.25) is 5.91 Å². The molecule has 0 radical (unpaired) electrons. The molecule has 2 atom stereocenters. The average molecular weight is 326 g/mol. The molecule has 0 aromatic heterocycles. The molecule has 1 aliphatic heterocycles. The highest BCUT2D eigenvalue weighted by molar-refractivity contribution is 6.30. The minimum Gasteiger partial charge on any atom is -0.364 e. The molecule has 1 saturated heterocycles. The molecule has 1 fully saturated rings. The van der Waals surface area contributed by atoms with Gasteiger partial charge in [0.1, 0.15) is 6.10 Å². The third-order valence-corrected chi connectivity index (χ3v) is 3.75. The van der Waals surface area contributed by atoms with E-state index in [-0.39, 0.29) is 24.5 Å². The van der Waals surface area contributed by atoms with Crippen LogP contribution < -0.4 is 11.1 Å². The van der Waals surface area contributed by atoms with Crippen LogP contribution in [0.1, 0.15) is 12.8 Å². The summed E-state index contributed by atoms with van der Waals surface area (Å²) < 4.78 is 5.54. The first-order valence-corrected chi connectivity index (χ1v) is 7.53. The standard InChI is InChI=1S/C15H20ClN3O3/c1-19(15(21)13-6-5-12(8-17)22-13)9-14(20)18-11-4-2-3-10(16)7-11/h2-4,7,12-13H,5-6,8-9,17H2,1H3,(H,18,20)/t12-,13+/m1/s1. The minimum atomic E-state index is -0.502. The van der Waals surface area contributed by atoms with Crippen molar-refractivity contribution in [2.24, 2.45) is 5.73 Å². The Balaban J connectivity index is 1.84. The molecule has 1 aromatic rings. The summed E-state index contributed by atoms with van der Waals surface area (Å²) in [6, 6.07) is 6.84.